The molecule has 148 valence electrons. The lowest BCUT2D eigenvalue weighted by Gasteiger charge is -2.09. The maximum Gasteiger partial charge on any atom is 0.280 e. The van der Waals surface area contributed by atoms with Gasteiger partial charge in [-0.15, -0.1) is 0 Å². The van der Waals surface area contributed by atoms with E-state index in [-0.39, 0.29) is 22.6 Å². The van der Waals surface area contributed by atoms with Crippen molar-refractivity contribution in [3.05, 3.63) is 53.6 Å². The third kappa shape index (κ3) is 4.32. The number of nitrogens with one attached hydrogen (secondary N) is 1. The summed E-state index contributed by atoms with van der Waals surface area (Å²) in [5.74, 6) is -0.845. The van der Waals surface area contributed by atoms with Crippen LogP contribution in [0.2, 0.25) is 0 Å². The van der Waals surface area contributed by atoms with Crippen LogP contribution in [0.4, 0.5) is 13.2 Å². The number of unbranched alkanes of at least 4 members (excludes halogenated alkanes) is 3. The fourth-order valence-corrected chi connectivity index (χ4v) is 2.92. The second kappa shape index (κ2) is 8.86. The first-order valence-corrected chi connectivity index (χ1v) is 9.22. The van der Waals surface area contributed by atoms with Crippen molar-refractivity contribution in [1.82, 2.24) is 19.9 Å². The molecule has 5 nitrogen and oxygen atoms in total. The van der Waals surface area contributed by atoms with Gasteiger partial charge in [-0.05, 0) is 36.8 Å². The van der Waals surface area contributed by atoms with E-state index in [9.17, 15) is 18.0 Å². The summed E-state index contributed by atoms with van der Waals surface area (Å²) in [4.78, 5) is 16.8. The van der Waals surface area contributed by atoms with Crippen molar-refractivity contribution in [3.8, 4) is 11.3 Å². The lowest BCUT2D eigenvalue weighted by molar-refractivity contribution is 0.0954. The number of halogens is 3. The summed E-state index contributed by atoms with van der Waals surface area (Å²) in [5.41, 5.74) is 0.481. The van der Waals surface area contributed by atoms with E-state index in [0.717, 1.165) is 30.2 Å². The van der Waals surface area contributed by atoms with Crippen LogP contribution in [0.3, 0.4) is 0 Å². The fraction of sp³-hybridized carbons (Fsp3) is 0.350. The Morgan fingerprint density at radius 3 is 2.61 bits per heavy atom. The molecule has 0 fully saturated rings. The van der Waals surface area contributed by atoms with Crippen molar-refractivity contribution in [1.29, 1.82) is 0 Å². The monoisotopic (exact) mass is 390 g/mol. The zero-order valence-corrected chi connectivity index (χ0v) is 15.5. The number of rotatable bonds is 8. The maximum absolute atomic E-state index is 13.5. The van der Waals surface area contributed by atoms with Crippen LogP contribution < -0.4 is 5.32 Å². The van der Waals surface area contributed by atoms with Crippen LogP contribution >= 0.6 is 0 Å². The summed E-state index contributed by atoms with van der Waals surface area (Å²) in [5, 5.41) is 6.70. The summed E-state index contributed by atoms with van der Waals surface area (Å²) in [6, 6.07) is 6.55. The van der Waals surface area contributed by atoms with Crippen LogP contribution in [0.1, 0.15) is 55.1 Å². The van der Waals surface area contributed by atoms with Gasteiger partial charge in [0.2, 0.25) is 0 Å². The molecule has 0 spiro atoms. The van der Waals surface area contributed by atoms with Gasteiger partial charge < -0.3 is 5.32 Å². The van der Waals surface area contributed by atoms with E-state index in [1.54, 1.807) is 0 Å². The first-order valence-electron chi connectivity index (χ1n) is 9.22. The SMILES string of the molecule is CCCCCCNC(=O)c1cnn2c(C(F)F)cc(-c3ccc(F)cc3)nc12. The van der Waals surface area contributed by atoms with E-state index < -0.39 is 18.1 Å². The second-order valence-corrected chi connectivity index (χ2v) is 6.48. The van der Waals surface area contributed by atoms with E-state index in [1.807, 2.05) is 0 Å². The molecule has 28 heavy (non-hydrogen) atoms. The van der Waals surface area contributed by atoms with E-state index in [4.69, 9.17) is 0 Å². The molecule has 0 atom stereocenters. The van der Waals surface area contributed by atoms with E-state index >= 15 is 0 Å². The Bertz CT molecular complexity index is 954. The molecular weight excluding hydrogens is 369 g/mol. The molecular formula is C20H21F3N4O. The van der Waals surface area contributed by atoms with Crippen LogP contribution in [0.15, 0.2) is 36.5 Å². The molecule has 1 aromatic carbocycles. The molecule has 0 saturated carbocycles. The number of fused-ring (bicyclic) bond motifs is 1. The number of aromatic nitrogens is 3. The minimum Gasteiger partial charge on any atom is -0.352 e. The summed E-state index contributed by atoms with van der Waals surface area (Å²) >= 11 is 0. The van der Waals surface area contributed by atoms with Gasteiger partial charge in [-0.1, -0.05) is 26.2 Å². The third-order valence-electron chi connectivity index (χ3n) is 4.42. The standard InChI is InChI=1S/C20H21F3N4O/c1-2-3-4-5-10-24-20(28)15-12-25-27-17(18(22)23)11-16(26-19(15)27)13-6-8-14(21)9-7-13/h6-9,11-12,18H,2-5,10H2,1H3,(H,24,28). The normalized spacial score (nSPS) is 11.3. The van der Waals surface area contributed by atoms with Gasteiger partial charge in [0.1, 0.15) is 17.1 Å². The summed E-state index contributed by atoms with van der Waals surface area (Å²) in [6.07, 6.45) is 2.46. The Morgan fingerprint density at radius 1 is 1.18 bits per heavy atom. The van der Waals surface area contributed by atoms with Gasteiger partial charge in [0, 0.05) is 12.1 Å². The van der Waals surface area contributed by atoms with E-state index in [1.165, 1.54) is 36.5 Å². The van der Waals surface area contributed by atoms with Gasteiger partial charge in [0.25, 0.3) is 12.3 Å². The first-order chi connectivity index (χ1) is 13.5. The first kappa shape index (κ1) is 19.9. The summed E-state index contributed by atoms with van der Waals surface area (Å²) in [6.45, 7) is 2.60. The maximum atomic E-state index is 13.5. The molecule has 3 aromatic rings. The quantitative estimate of drug-likeness (QED) is 0.563. The molecule has 0 radical (unpaired) electrons. The Hall–Kier alpha value is -2.90. The molecule has 2 aromatic heterocycles. The number of nitrogens with zero attached hydrogens (tertiary/aromatic N) is 3. The lowest BCUT2D eigenvalue weighted by atomic mass is 10.1. The van der Waals surface area contributed by atoms with Crippen molar-refractivity contribution >= 4 is 11.6 Å². The number of carbonyl (C=O) groups is 1. The van der Waals surface area contributed by atoms with Crippen molar-refractivity contribution in [2.75, 3.05) is 6.54 Å². The molecule has 0 unspecified atom stereocenters. The summed E-state index contributed by atoms with van der Waals surface area (Å²) < 4.78 is 41.2. The Kier molecular flexibility index (Phi) is 6.28. The minimum absolute atomic E-state index is 0.0446. The van der Waals surface area contributed by atoms with E-state index in [2.05, 4.69) is 22.3 Å². The molecule has 0 bridgehead atoms. The molecule has 0 saturated heterocycles. The predicted molar refractivity (Wildman–Crippen MR) is 99.8 cm³/mol. The number of benzene rings is 1. The highest BCUT2D eigenvalue weighted by Crippen LogP contribution is 2.27. The summed E-state index contributed by atoms with van der Waals surface area (Å²) in [7, 11) is 0. The molecule has 3 rings (SSSR count). The molecule has 0 aliphatic carbocycles. The van der Waals surface area contributed by atoms with Crippen LogP contribution in [0.5, 0.6) is 0 Å². The number of amides is 1. The minimum atomic E-state index is -2.81. The van der Waals surface area contributed by atoms with Crippen molar-refractivity contribution in [2.45, 2.75) is 39.0 Å². The van der Waals surface area contributed by atoms with Gasteiger partial charge in [-0.3, -0.25) is 4.79 Å². The molecule has 1 N–H and O–H groups in total. The molecule has 2 heterocycles. The van der Waals surface area contributed by atoms with Crippen molar-refractivity contribution in [3.63, 3.8) is 0 Å². The van der Waals surface area contributed by atoms with Crippen LogP contribution in [0, 0.1) is 5.82 Å². The predicted octanol–water partition coefficient (Wildman–Crippen LogP) is 4.78. The van der Waals surface area contributed by atoms with Crippen LogP contribution in [-0.4, -0.2) is 27.0 Å². The molecule has 8 heteroatoms. The largest absolute Gasteiger partial charge is 0.352 e. The van der Waals surface area contributed by atoms with Gasteiger partial charge in [0.15, 0.2) is 5.65 Å². The number of carbonyl (C=O) groups excluding carboxylic acids is 1. The van der Waals surface area contributed by atoms with Gasteiger partial charge in [-0.25, -0.2) is 22.7 Å². The number of hydrogen-bond acceptors (Lipinski definition) is 3. The van der Waals surface area contributed by atoms with Gasteiger partial charge in [-0.2, -0.15) is 5.10 Å². The van der Waals surface area contributed by atoms with Gasteiger partial charge in [0.05, 0.1) is 11.9 Å². The van der Waals surface area contributed by atoms with Crippen molar-refractivity contribution < 1.29 is 18.0 Å². The lowest BCUT2D eigenvalue weighted by Crippen LogP contribution is -2.24. The number of hydrogen-bond donors (Lipinski definition) is 1. The molecule has 0 aliphatic heterocycles. The van der Waals surface area contributed by atoms with E-state index in [0.29, 0.717) is 12.1 Å². The zero-order chi connectivity index (χ0) is 20.1. The molecule has 0 aliphatic rings. The van der Waals surface area contributed by atoms with Crippen LogP contribution in [-0.2, 0) is 0 Å². The fourth-order valence-electron chi connectivity index (χ4n) is 2.92. The van der Waals surface area contributed by atoms with Gasteiger partial charge >= 0.3 is 0 Å². The second-order valence-electron chi connectivity index (χ2n) is 6.48. The highest BCUT2D eigenvalue weighted by atomic mass is 19.3. The Labute approximate surface area is 160 Å². The zero-order valence-electron chi connectivity index (χ0n) is 15.5. The van der Waals surface area contributed by atoms with Crippen LogP contribution in [0.25, 0.3) is 16.9 Å². The van der Waals surface area contributed by atoms with Crippen molar-refractivity contribution in [2.24, 2.45) is 0 Å². The Balaban J connectivity index is 1.94. The Morgan fingerprint density at radius 2 is 1.93 bits per heavy atom. The number of alkyl halides is 2. The highest BCUT2D eigenvalue weighted by Gasteiger charge is 2.21. The average Bonchev–Trinajstić information content (AvgIpc) is 3.11. The average molecular weight is 390 g/mol. The highest BCUT2D eigenvalue weighted by molar-refractivity contribution is 5.99. The third-order valence-corrected chi connectivity index (χ3v) is 4.42. The smallest absolute Gasteiger partial charge is 0.280 e. The topological polar surface area (TPSA) is 59.3 Å². The molecule has 1 amide bonds.